The van der Waals surface area contributed by atoms with Gasteiger partial charge in [0.2, 0.25) is 0 Å². The molecule has 2 aromatic rings. The van der Waals surface area contributed by atoms with E-state index in [1.165, 1.54) is 153 Å². The van der Waals surface area contributed by atoms with E-state index in [-0.39, 0.29) is 0 Å². The van der Waals surface area contributed by atoms with E-state index in [9.17, 15) is 0 Å². The van der Waals surface area contributed by atoms with Crippen molar-refractivity contribution in [2.45, 2.75) is 168 Å². The van der Waals surface area contributed by atoms with E-state index in [1.807, 2.05) is 0 Å². The highest BCUT2D eigenvalue weighted by Crippen LogP contribution is 2.26. The van der Waals surface area contributed by atoms with Crippen LogP contribution in [-0.4, -0.2) is 4.98 Å². The molecule has 1 atom stereocenters. The molecule has 0 fully saturated rings. The van der Waals surface area contributed by atoms with Crippen LogP contribution < -0.4 is 4.57 Å². The Morgan fingerprint density at radius 3 is 1.46 bits per heavy atom. The number of aromatic nitrogens is 2. The second-order valence-electron chi connectivity index (χ2n) is 11.6. The van der Waals surface area contributed by atoms with Gasteiger partial charge in [0.05, 0.1) is 5.92 Å². The Morgan fingerprint density at radius 1 is 0.568 bits per heavy atom. The highest BCUT2D eigenvalue weighted by Gasteiger charge is 2.22. The topological polar surface area (TPSA) is 19.7 Å². The van der Waals surface area contributed by atoms with E-state index in [4.69, 9.17) is 0 Å². The van der Waals surface area contributed by atoms with Gasteiger partial charge >= 0.3 is 0 Å². The lowest BCUT2D eigenvalue weighted by Crippen LogP contribution is -2.38. The Labute approximate surface area is 231 Å². The first-order valence-electron chi connectivity index (χ1n) is 16.5. The maximum absolute atomic E-state index is 3.65. The molecule has 0 radical (unpaired) electrons. The SMILES string of the molecule is CCCCCCCCCCCCCCCC[C@H](CCCCCCCC)c1[nH]cc[n+]1Cc1ccccc1. The molecule has 0 aliphatic carbocycles. The summed E-state index contributed by atoms with van der Waals surface area (Å²) in [5.74, 6) is 2.12. The van der Waals surface area contributed by atoms with Crippen molar-refractivity contribution >= 4 is 0 Å². The molecule has 1 N–H and O–H groups in total. The molecule has 37 heavy (non-hydrogen) atoms. The van der Waals surface area contributed by atoms with Crippen LogP contribution in [0.25, 0.3) is 0 Å². The van der Waals surface area contributed by atoms with Crippen molar-refractivity contribution in [3.63, 3.8) is 0 Å². The van der Waals surface area contributed by atoms with Crippen molar-refractivity contribution in [2.24, 2.45) is 0 Å². The van der Waals surface area contributed by atoms with Crippen LogP contribution in [0.15, 0.2) is 42.7 Å². The number of nitrogens with zero attached hydrogens (tertiary/aromatic N) is 1. The lowest BCUT2D eigenvalue weighted by molar-refractivity contribution is -0.695. The average Bonchev–Trinajstić information content (AvgIpc) is 3.38. The molecule has 1 aromatic heterocycles. The van der Waals surface area contributed by atoms with Crippen molar-refractivity contribution in [3.05, 3.63) is 54.1 Å². The van der Waals surface area contributed by atoms with Crippen molar-refractivity contribution in [3.8, 4) is 0 Å². The Kier molecular flexibility index (Phi) is 19.2. The summed E-state index contributed by atoms with van der Waals surface area (Å²) in [7, 11) is 0. The lowest BCUT2D eigenvalue weighted by Gasteiger charge is -2.14. The van der Waals surface area contributed by atoms with E-state index in [0.29, 0.717) is 5.92 Å². The van der Waals surface area contributed by atoms with Gasteiger partial charge in [-0.2, -0.15) is 0 Å². The molecular weight excluding hydrogens is 448 g/mol. The van der Waals surface area contributed by atoms with E-state index in [0.717, 1.165) is 6.54 Å². The summed E-state index contributed by atoms with van der Waals surface area (Å²) in [6.07, 6.45) is 35.5. The van der Waals surface area contributed by atoms with Crippen LogP contribution in [0.4, 0.5) is 0 Å². The number of rotatable bonds is 25. The van der Waals surface area contributed by atoms with Crippen LogP contribution in [0.1, 0.15) is 172 Å². The van der Waals surface area contributed by atoms with Gasteiger partial charge in [0.1, 0.15) is 18.9 Å². The van der Waals surface area contributed by atoms with Crippen molar-refractivity contribution in [2.75, 3.05) is 0 Å². The largest absolute Gasteiger partial charge is 0.257 e. The molecule has 0 bridgehead atoms. The molecule has 0 aliphatic rings. The van der Waals surface area contributed by atoms with Crippen LogP contribution in [-0.2, 0) is 6.54 Å². The van der Waals surface area contributed by atoms with Gasteiger partial charge in [-0.15, -0.1) is 0 Å². The summed E-state index contributed by atoms with van der Waals surface area (Å²) < 4.78 is 2.47. The summed E-state index contributed by atoms with van der Waals surface area (Å²) in [5, 5.41) is 0. The van der Waals surface area contributed by atoms with E-state index in [2.05, 4.69) is 66.1 Å². The first-order valence-corrected chi connectivity index (χ1v) is 16.5. The summed E-state index contributed by atoms with van der Waals surface area (Å²) in [6.45, 7) is 5.59. The monoisotopic (exact) mass is 509 g/mol. The van der Waals surface area contributed by atoms with Crippen molar-refractivity contribution in [1.29, 1.82) is 0 Å². The van der Waals surface area contributed by atoms with E-state index in [1.54, 1.807) is 0 Å². The molecule has 0 saturated heterocycles. The van der Waals surface area contributed by atoms with Crippen molar-refractivity contribution < 1.29 is 4.57 Å². The number of aromatic amines is 1. The van der Waals surface area contributed by atoms with Crippen LogP contribution >= 0.6 is 0 Å². The second-order valence-corrected chi connectivity index (χ2v) is 11.6. The van der Waals surface area contributed by atoms with Crippen LogP contribution in [0.5, 0.6) is 0 Å². The molecule has 210 valence electrons. The Bertz CT molecular complexity index is 735. The molecule has 0 amide bonds. The van der Waals surface area contributed by atoms with Gasteiger partial charge < -0.3 is 0 Å². The predicted molar refractivity (Wildman–Crippen MR) is 162 cm³/mol. The number of hydrogen-bond acceptors (Lipinski definition) is 0. The summed E-state index contributed by atoms with van der Waals surface area (Å²) in [4.78, 5) is 3.65. The van der Waals surface area contributed by atoms with Crippen LogP contribution in [0, 0.1) is 0 Å². The quantitative estimate of drug-likeness (QED) is 0.101. The number of H-pyrrole nitrogens is 1. The first-order chi connectivity index (χ1) is 18.3. The second kappa shape index (κ2) is 22.4. The molecule has 2 nitrogen and oxygen atoms in total. The third kappa shape index (κ3) is 15.4. The summed E-state index contributed by atoms with van der Waals surface area (Å²) in [6, 6.07) is 10.9. The minimum absolute atomic E-state index is 0.669. The van der Waals surface area contributed by atoms with Crippen molar-refractivity contribution in [1.82, 2.24) is 4.98 Å². The molecule has 0 aliphatic heterocycles. The molecular formula is C35H61N2+. The molecule has 2 rings (SSSR count). The molecule has 0 unspecified atom stereocenters. The Hall–Kier alpha value is -1.57. The van der Waals surface area contributed by atoms with E-state index >= 15 is 0 Å². The van der Waals surface area contributed by atoms with Gasteiger partial charge in [0.15, 0.2) is 0 Å². The molecule has 0 saturated carbocycles. The Balaban J connectivity index is 1.66. The summed E-state index contributed by atoms with van der Waals surface area (Å²) >= 11 is 0. The average molecular weight is 510 g/mol. The first kappa shape index (κ1) is 31.6. The fourth-order valence-corrected chi connectivity index (χ4v) is 5.82. The van der Waals surface area contributed by atoms with Gasteiger partial charge in [-0.3, -0.25) is 0 Å². The van der Waals surface area contributed by atoms with Crippen LogP contribution in [0.3, 0.4) is 0 Å². The number of benzene rings is 1. The smallest absolute Gasteiger partial charge is 0.247 e. The van der Waals surface area contributed by atoms with Gasteiger partial charge in [-0.25, -0.2) is 9.55 Å². The third-order valence-corrected chi connectivity index (χ3v) is 8.19. The summed E-state index contributed by atoms with van der Waals surface area (Å²) in [5.41, 5.74) is 1.39. The van der Waals surface area contributed by atoms with Gasteiger partial charge in [0.25, 0.3) is 5.82 Å². The number of imidazole rings is 1. The molecule has 2 heteroatoms. The van der Waals surface area contributed by atoms with Crippen LogP contribution in [0.2, 0.25) is 0 Å². The number of hydrogen-bond donors (Lipinski definition) is 1. The minimum atomic E-state index is 0.669. The van der Waals surface area contributed by atoms with E-state index < -0.39 is 0 Å². The highest BCUT2D eigenvalue weighted by atomic mass is 15.1. The Morgan fingerprint density at radius 2 is 1.00 bits per heavy atom. The normalized spacial score (nSPS) is 12.3. The standard InChI is InChI=1S/C35H60N2/c1-3-5-7-9-11-12-13-14-15-16-17-18-20-25-29-34(28-24-19-10-8-6-4-2)35-36-30-31-37(35)32-33-26-22-21-23-27-33/h21-23,26-27,30-31,34H,3-20,24-25,28-29,32H2,1-2H3/p+1/t34-/m0/s1. The maximum atomic E-state index is 3.65. The van der Waals surface area contributed by atoms with Gasteiger partial charge in [0, 0.05) is 0 Å². The fraction of sp³-hybridized carbons (Fsp3) is 0.743. The zero-order valence-corrected chi connectivity index (χ0v) is 24.8. The van der Waals surface area contributed by atoms with Gasteiger partial charge in [-0.05, 0) is 18.4 Å². The zero-order valence-electron chi connectivity index (χ0n) is 24.8. The fourth-order valence-electron chi connectivity index (χ4n) is 5.82. The number of unbranched alkanes of at least 4 members (excludes halogenated alkanes) is 18. The molecule has 1 heterocycles. The number of nitrogens with one attached hydrogen (secondary N) is 1. The molecule has 1 aromatic carbocycles. The van der Waals surface area contributed by atoms with Gasteiger partial charge in [-0.1, -0.05) is 173 Å². The predicted octanol–water partition coefficient (Wildman–Crippen LogP) is 11.1. The maximum Gasteiger partial charge on any atom is 0.257 e. The molecule has 0 spiro atoms. The lowest BCUT2D eigenvalue weighted by atomic mass is 9.93. The highest BCUT2D eigenvalue weighted by molar-refractivity contribution is 5.13. The minimum Gasteiger partial charge on any atom is -0.247 e. The zero-order chi connectivity index (χ0) is 26.2. The third-order valence-electron chi connectivity index (χ3n) is 8.19.